The molecule has 0 saturated carbocycles. The first-order valence-electron chi connectivity index (χ1n) is 6.41. The minimum atomic E-state index is -0.168. The van der Waals surface area contributed by atoms with Crippen LogP contribution in [0.3, 0.4) is 0 Å². The highest BCUT2D eigenvalue weighted by molar-refractivity contribution is 7.07. The number of aromatic amines is 1. The molecule has 0 aliphatic rings. The number of carbonyl (C=O) groups is 1. The van der Waals surface area contributed by atoms with E-state index >= 15 is 0 Å². The summed E-state index contributed by atoms with van der Waals surface area (Å²) in [5, 5.41) is 4.69. The van der Waals surface area contributed by atoms with Gasteiger partial charge >= 0.3 is 0 Å². The SMILES string of the molecule is CCC(NC(=O)c1cscn1)c1nc2ccccc2[nH]1. The van der Waals surface area contributed by atoms with Crippen molar-refractivity contribution in [3.05, 3.63) is 46.7 Å². The molecule has 20 heavy (non-hydrogen) atoms. The summed E-state index contributed by atoms with van der Waals surface area (Å²) in [5.74, 6) is 0.607. The van der Waals surface area contributed by atoms with Crippen molar-refractivity contribution in [1.82, 2.24) is 20.3 Å². The van der Waals surface area contributed by atoms with Crippen LogP contribution in [0.2, 0.25) is 0 Å². The van der Waals surface area contributed by atoms with Crippen molar-refractivity contribution in [2.75, 3.05) is 0 Å². The molecule has 5 nitrogen and oxygen atoms in total. The van der Waals surface area contributed by atoms with Gasteiger partial charge in [0, 0.05) is 5.38 Å². The molecule has 0 spiro atoms. The summed E-state index contributed by atoms with van der Waals surface area (Å²) in [6, 6.07) is 7.68. The number of thiazole rings is 1. The summed E-state index contributed by atoms with van der Waals surface area (Å²) in [4.78, 5) is 23.9. The van der Waals surface area contributed by atoms with Gasteiger partial charge in [-0.2, -0.15) is 0 Å². The van der Waals surface area contributed by atoms with Gasteiger partial charge in [0.25, 0.3) is 5.91 Å². The van der Waals surface area contributed by atoms with Gasteiger partial charge in [-0.25, -0.2) is 9.97 Å². The Balaban J connectivity index is 1.84. The number of aromatic nitrogens is 3. The van der Waals surface area contributed by atoms with Crippen LogP contribution in [0.25, 0.3) is 11.0 Å². The van der Waals surface area contributed by atoms with Gasteiger partial charge in [-0.1, -0.05) is 19.1 Å². The van der Waals surface area contributed by atoms with Crippen LogP contribution < -0.4 is 5.32 Å². The minimum absolute atomic E-state index is 0.142. The number of benzene rings is 1. The van der Waals surface area contributed by atoms with Crippen LogP contribution in [0.15, 0.2) is 35.2 Å². The molecule has 0 bridgehead atoms. The molecule has 0 fully saturated rings. The van der Waals surface area contributed by atoms with Gasteiger partial charge < -0.3 is 10.3 Å². The number of carbonyl (C=O) groups excluding carboxylic acids is 1. The lowest BCUT2D eigenvalue weighted by atomic mass is 10.2. The van der Waals surface area contributed by atoms with Crippen molar-refractivity contribution in [3.8, 4) is 0 Å². The van der Waals surface area contributed by atoms with Gasteiger partial charge in [-0.15, -0.1) is 11.3 Å². The minimum Gasteiger partial charge on any atom is -0.341 e. The number of amides is 1. The smallest absolute Gasteiger partial charge is 0.271 e. The first kappa shape index (κ1) is 12.8. The van der Waals surface area contributed by atoms with Crippen molar-refractivity contribution in [2.45, 2.75) is 19.4 Å². The molecule has 1 amide bonds. The highest BCUT2D eigenvalue weighted by Crippen LogP contribution is 2.18. The van der Waals surface area contributed by atoms with Crippen LogP contribution in [-0.2, 0) is 0 Å². The van der Waals surface area contributed by atoms with Crippen molar-refractivity contribution in [1.29, 1.82) is 0 Å². The summed E-state index contributed by atoms with van der Waals surface area (Å²) < 4.78 is 0. The Labute approximate surface area is 120 Å². The van der Waals surface area contributed by atoms with Crippen molar-refractivity contribution >= 4 is 28.3 Å². The number of imidazole rings is 1. The lowest BCUT2D eigenvalue weighted by Gasteiger charge is -2.13. The molecule has 0 aliphatic carbocycles. The Hall–Kier alpha value is -2.21. The van der Waals surface area contributed by atoms with Gasteiger partial charge in [0.15, 0.2) is 0 Å². The van der Waals surface area contributed by atoms with Crippen LogP contribution in [0, 0.1) is 0 Å². The number of rotatable bonds is 4. The molecule has 3 rings (SSSR count). The molecule has 6 heteroatoms. The van der Waals surface area contributed by atoms with E-state index in [2.05, 4.69) is 20.3 Å². The standard InChI is InChI=1S/C14H14N4OS/c1-2-9(18-14(19)12-7-20-8-15-12)13-16-10-5-3-4-6-11(10)17-13/h3-9H,2H2,1H3,(H,16,17)(H,18,19). The summed E-state index contributed by atoms with van der Waals surface area (Å²) in [7, 11) is 0. The van der Waals surface area contributed by atoms with Gasteiger partial charge in [-0.05, 0) is 18.6 Å². The van der Waals surface area contributed by atoms with E-state index in [0.29, 0.717) is 5.69 Å². The Morgan fingerprint density at radius 2 is 2.30 bits per heavy atom. The number of fused-ring (bicyclic) bond motifs is 1. The molecule has 3 aromatic rings. The van der Waals surface area contributed by atoms with E-state index in [4.69, 9.17) is 0 Å². The third kappa shape index (κ3) is 2.42. The third-order valence-corrected chi connectivity index (χ3v) is 3.70. The van der Waals surface area contributed by atoms with Gasteiger partial charge in [-0.3, -0.25) is 4.79 Å². The van der Waals surface area contributed by atoms with E-state index in [1.54, 1.807) is 10.9 Å². The molecular weight excluding hydrogens is 272 g/mol. The number of nitrogens with one attached hydrogen (secondary N) is 2. The quantitative estimate of drug-likeness (QED) is 0.774. The average molecular weight is 286 g/mol. The van der Waals surface area contributed by atoms with Crippen LogP contribution in [-0.4, -0.2) is 20.9 Å². The normalized spacial score (nSPS) is 12.4. The van der Waals surface area contributed by atoms with Crippen LogP contribution >= 0.6 is 11.3 Å². The fourth-order valence-corrected chi connectivity index (χ4v) is 2.59. The number of hydrogen-bond donors (Lipinski definition) is 2. The molecule has 0 radical (unpaired) electrons. The summed E-state index contributed by atoms with van der Waals surface area (Å²) in [5.41, 5.74) is 3.98. The Morgan fingerprint density at radius 1 is 1.45 bits per heavy atom. The number of para-hydroxylation sites is 2. The fourth-order valence-electron chi connectivity index (χ4n) is 2.06. The molecule has 2 N–H and O–H groups in total. The Bertz CT molecular complexity index is 687. The topological polar surface area (TPSA) is 70.7 Å². The lowest BCUT2D eigenvalue weighted by molar-refractivity contribution is 0.0929. The number of nitrogens with zero attached hydrogens (tertiary/aromatic N) is 2. The summed E-state index contributed by atoms with van der Waals surface area (Å²) >= 11 is 1.41. The maximum absolute atomic E-state index is 12.1. The van der Waals surface area contributed by atoms with Crippen molar-refractivity contribution in [3.63, 3.8) is 0 Å². The van der Waals surface area contributed by atoms with E-state index < -0.39 is 0 Å². The second kappa shape index (κ2) is 5.42. The first-order chi connectivity index (χ1) is 9.78. The molecule has 1 unspecified atom stereocenters. The van der Waals surface area contributed by atoms with E-state index in [1.807, 2.05) is 31.2 Å². The third-order valence-electron chi connectivity index (χ3n) is 3.12. The molecule has 0 aliphatic heterocycles. The fraction of sp³-hybridized carbons (Fsp3) is 0.214. The number of H-pyrrole nitrogens is 1. The largest absolute Gasteiger partial charge is 0.341 e. The molecule has 102 valence electrons. The molecule has 2 heterocycles. The molecule has 0 saturated heterocycles. The van der Waals surface area contributed by atoms with E-state index in [1.165, 1.54) is 11.3 Å². The monoisotopic (exact) mass is 286 g/mol. The zero-order valence-electron chi connectivity index (χ0n) is 11.0. The lowest BCUT2D eigenvalue weighted by Crippen LogP contribution is -2.29. The zero-order valence-corrected chi connectivity index (χ0v) is 11.8. The maximum Gasteiger partial charge on any atom is 0.271 e. The second-order valence-electron chi connectivity index (χ2n) is 4.45. The highest BCUT2D eigenvalue weighted by Gasteiger charge is 2.18. The summed E-state index contributed by atoms with van der Waals surface area (Å²) in [6.07, 6.45) is 0.760. The molecule has 1 atom stereocenters. The average Bonchev–Trinajstić information content (AvgIpc) is 3.12. The van der Waals surface area contributed by atoms with Gasteiger partial charge in [0.1, 0.15) is 11.5 Å². The molecule has 2 aromatic heterocycles. The molecule has 1 aromatic carbocycles. The Kier molecular flexibility index (Phi) is 3.47. The highest BCUT2D eigenvalue weighted by atomic mass is 32.1. The first-order valence-corrected chi connectivity index (χ1v) is 7.36. The predicted molar refractivity (Wildman–Crippen MR) is 78.7 cm³/mol. The Morgan fingerprint density at radius 3 is 3.00 bits per heavy atom. The number of hydrogen-bond acceptors (Lipinski definition) is 4. The molecular formula is C14H14N4OS. The van der Waals surface area contributed by atoms with E-state index in [-0.39, 0.29) is 11.9 Å². The van der Waals surface area contributed by atoms with Gasteiger partial charge in [0.2, 0.25) is 0 Å². The van der Waals surface area contributed by atoms with Crippen molar-refractivity contribution < 1.29 is 4.79 Å². The summed E-state index contributed by atoms with van der Waals surface area (Å²) in [6.45, 7) is 2.01. The second-order valence-corrected chi connectivity index (χ2v) is 5.17. The van der Waals surface area contributed by atoms with Crippen molar-refractivity contribution in [2.24, 2.45) is 0 Å². The van der Waals surface area contributed by atoms with Crippen LogP contribution in [0.4, 0.5) is 0 Å². The van der Waals surface area contributed by atoms with Crippen LogP contribution in [0.1, 0.15) is 35.7 Å². The van der Waals surface area contributed by atoms with Gasteiger partial charge in [0.05, 0.1) is 22.6 Å². The van der Waals surface area contributed by atoms with E-state index in [0.717, 1.165) is 23.3 Å². The predicted octanol–water partition coefficient (Wildman–Crippen LogP) is 2.90. The van der Waals surface area contributed by atoms with E-state index in [9.17, 15) is 4.79 Å². The zero-order chi connectivity index (χ0) is 13.9. The maximum atomic E-state index is 12.1. The van der Waals surface area contributed by atoms with Crippen LogP contribution in [0.5, 0.6) is 0 Å².